The van der Waals surface area contributed by atoms with Crippen LogP contribution in [0, 0.1) is 5.41 Å². The zero-order valence-corrected chi connectivity index (χ0v) is 17.9. The molecule has 0 aliphatic carbocycles. The lowest BCUT2D eigenvalue weighted by Crippen LogP contribution is -2.43. The molecule has 1 aliphatic rings. The number of halogens is 1. The van der Waals surface area contributed by atoms with E-state index < -0.39 is 10.0 Å². The van der Waals surface area contributed by atoms with Crippen LogP contribution in [0.2, 0.25) is 5.02 Å². The number of benzene rings is 2. The number of sulfonamides is 1. The van der Waals surface area contributed by atoms with E-state index in [1.807, 2.05) is 4.90 Å². The molecule has 0 radical (unpaired) electrons. The average Bonchev–Trinajstić information content (AvgIpc) is 2.66. The van der Waals surface area contributed by atoms with Crippen molar-refractivity contribution in [2.75, 3.05) is 24.4 Å². The van der Waals surface area contributed by atoms with Gasteiger partial charge in [0.05, 0.1) is 10.6 Å². The molecule has 0 N–H and O–H groups in total. The van der Waals surface area contributed by atoms with Crippen LogP contribution in [-0.4, -0.2) is 39.4 Å². The van der Waals surface area contributed by atoms with Crippen LogP contribution in [0.1, 0.15) is 37.0 Å². The van der Waals surface area contributed by atoms with E-state index in [0.717, 1.165) is 19.4 Å². The van der Waals surface area contributed by atoms with E-state index in [9.17, 15) is 13.2 Å². The number of piperidine rings is 1. The lowest BCUT2D eigenvalue weighted by molar-refractivity contribution is 0.0583. The monoisotopic (exact) mass is 420 g/mol. The van der Waals surface area contributed by atoms with Crippen LogP contribution in [0.15, 0.2) is 53.4 Å². The van der Waals surface area contributed by atoms with E-state index >= 15 is 0 Å². The number of carbonyl (C=O) groups is 1. The maximum Gasteiger partial charge on any atom is 0.264 e. The summed E-state index contributed by atoms with van der Waals surface area (Å²) in [5.41, 5.74) is 1.03. The number of amides is 1. The van der Waals surface area contributed by atoms with Gasteiger partial charge in [-0.1, -0.05) is 31.5 Å². The van der Waals surface area contributed by atoms with Gasteiger partial charge in [0.1, 0.15) is 0 Å². The summed E-state index contributed by atoms with van der Waals surface area (Å²) in [5, 5.41) is 0.471. The van der Waals surface area contributed by atoms with Crippen LogP contribution in [0.4, 0.5) is 5.69 Å². The van der Waals surface area contributed by atoms with Crippen LogP contribution < -0.4 is 4.31 Å². The fourth-order valence-corrected chi connectivity index (χ4v) is 4.83. The van der Waals surface area contributed by atoms with E-state index in [4.69, 9.17) is 11.6 Å². The van der Waals surface area contributed by atoms with Crippen molar-refractivity contribution in [2.45, 2.75) is 31.6 Å². The Morgan fingerprint density at radius 1 is 1.14 bits per heavy atom. The van der Waals surface area contributed by atoms with Gasteiger partial charge in [-0.05, 0) is 60.7 Å². The van der Waals surface area contributed by atoms with E-state index in [2.05, 4.69) is 13.8 Å². The predicted octanol–water partition coefficient (Wildman–Crippen LogP) is 4.43. The minimum atomic E-state index is -3.74. The summed E-state index contributed by atoms with van der Waals surface area (Å²) >= 11 is 5.86. The second-order valence-corrected chi connectivity index (χ2v) is 10.4. The summed E-state index contributed by atoms with van der Waals surface area (Å²) < 4.78 is 27.0. The van der Waals surface area contributed by atoms with Crippen LogP contribution >= 0.6 is 11.6 Å². The highest BCUT2D eigenvalue weighted by Gasteiger charge is 2.30. The molecule has 1 fully saturated rings. The first kappa shape index (κ1) is 20.7. The third-order valence-corrected chi connectivity index (χ3v) is 7.17. The topological polar surface area (TPSA) is 57.7 Å². The van der Waals surface area contributed by atoms with Gasteiger partial charge in [0.25, 0.3) is 15.9 Å². The molecule has 1 amide bonds. The average molecular weight is 421 g/mol. The van der Waals surface area contributed by atoms with E-state index in [0.29, 0.717) is 22.8 Å². The Morgan fingerprint density at radius 2 is 1.82 bits per heavy atom. The minimum absolute atomic E-state index is 0.0630. The fourth-order valence-electron chi connectivity index (χ4n) is 3.52. The molecule has 0 spiro atoms. The SMILES string of the molecule is CN(c1cccc(C(=O)N2CCCC(C)(C)C2)c1)S(=O)(=O)c1ccc(Cl)cc1. The van der Waals surface area contributed by atoms with Crippen molar-refractivity contribution in [1.82, 2.24) is 4.90 Å². The van der Waals surface area contributed by atoms with Gasteiger partial charge in [0.15, 0.2) is 0 Å². The summed E-state index contributed by atoms with van der Waals surface area (Å²) in [6, 6.07) is 12.8. The maximum absolute atomic E-state index is 13.0. The Kier molecular flexibility index (Phi) is 5.73. The molecule has 7 heteroatoms. The second kappa shape index (κ2) is 7.76. The first-order valence-corrected chi connectivity index (χ1v) is 11.1. The second-order valence-electron chi connectivity index (χ2n) is 7.97. The van der Waals surface area contributed by atoms with Crippen LogP contribution in [-0.2, 0) is 10.0 Å². The summed E-state index contributed by atoms with van der Waals surface area (Å²) in [5.74, 6) is -0.0630. The van der Waals surface area contributed by atoms with Gasteiger partial charge in [-0.2, -0.15) is 0 Å². The molecule has 0 saturated carbocycles. The molecular formula is C21H25ClN2O3S. The van der Waals surface area contributed by atoms with E-state index in [-0.39, 0.29) is 16.2 Å². The lowest BCUT2D eigenvalue weighted by Gasteiger charge is -2.38. The smallest absolute Gasteiger partial charge is 0.264 e. The van der Waals surface area contributed by atoms with Gasteiger partial charge >= 0.3 is 0 Å². The highest BCUT2D eigenvalue weighted by Crippen LogP contribution is 2.30. The van der Waals surface area contributed by atoms with Gasteiger partial charge in [-0.3, -0.25) is 9.10 Å². The van der Waals surface area contributed by atoms with Crippen molar-refractivity contribution in [3.8, 4) is 0 Å². The lowest BCUT2D eigenvalue weighted by atomic mass is 9.84. The molecule has 1 aliphatic heterocycles. The van der Waals surface area contributed by atoms with Crippen LogP contribution in [0.25, 0.3) is 0 Å². The Hall–Kier alpha value is -2.05. The number of hydrogen-bond acceptors (Lipinski definition) is 3. The number of carbonyl (C=O) groups excluding carboxylic acids is 1. The summed E-state index contributed by atoms with van der Waals surface area (Å²) in [7, 11) is -2.26. The number of likely N-dealkylation sites (tertiary alicyclic amines) is 1. The number of nitrogens with zero attached hydrogens (tertiary/aromatic N) is 2. The molecule has 3 rings (SSSR count). The number of rotatable bonds is 4. The van der Waals surface area contributed by atoms with Gasteiger partial charge in [0.2, 0.25) is 0 Å². The highest BCUT2D eigenvalue weighted by molar-refractivity contribution is 7.92. The molecule has 2 aromatic carbocycles. The Morgan fingerprint density at radius 3 is 2.46 bits per heavy atom. The zero-order chi connectivity index (χ0) is 20.5. The first-order valence-electron chi connectivity index (χ1n) is 9.24. The molecular weight excluding hydrogens is 396 g/mol. The largest absolute Gasteiger partial charge is 0.338 e. The van der Waals surface area contributed by atoms with E-state index in [1.165, 1.54) is 23.5 Å². The van der Waals surface area contributed by atoms with Gasteiger partial charge in [-0.25, -0.2) is 8.42 Å². The first-order chi connectivity index (χ1) is 13.1. The standard InChI is InChI=1S/C21H25ClN2O3S/c1-21(2)12-5-13-24(15-21)20(25)16-6-4-7-18(14-16)23(3)28(26,27)19-10-8-17(22)9-11-19/h4,6-11,14H,5,12-13,15H2,1-3H3. The van der Waals surface area contributed by atoms with Crippen LogP contribution in [0.3, 0.4) is 0 Å². The molecule has 2 aromatic rings. The molecule has 0 bridgehead atoms. The van der Waals surface area contributed by atoms with Gasteiger partial charge < -0.3 is 4.90 Å². The van der Waals surface area contributed by atoms with E-state index in [1.54, 1.807) is 36.4 Å². The van der Waals surface area contributed by atoms with Crippen molar-refractivity contribution in [1.29, 1.82) is 0 Å². The number of hydrogen-bond donors (Lipinski definition) is 0. The van der Waals surface area contributed by atoms with Crippen LogP contribution in [0.5, 0.6) is 0 Å². The van der Waals surface area contributed by atoms with Crippen molar-refractivity contribution in [3.63, 3.8) is 0 Å². The van der Waals surface area contributed by atoms with Gasteiger partial charge in [-0.15, -0.1) is 0 Å². The predicted molar refractivity (Wildman–Crippen MR) is 112 cm³/mol. The molecule has 28 heavy (non-hydrogen) atoms. The molecule has 0 aromatic heterocycles. The van der Waals surface area contributed by atoms with Crippen molar-refractivity contribution >= 4 is 33.2 Å². The Labute approximate surface area is 172 Å². The Balaban J connectivity index is 1.86. The fraction of sp³-hybridized carbons (Fsp3) is 0.381. The van der Waals surface area contributed by atoms with Crippen molar-refractivity contribution in [3.05, 3.63) is 59.1 Å². The molecule has 150 valence electrons. The highest BCUT2D eigenvalue weighted by atomic mass is 35.5. The summed E-state index contributed by atoms with van der Waals surface area (Å²) in [6.45, 7) is 5.75. The molecule has 1 saturated heterocycles. The maximum atomic E-state index is 13.0. The molecule has 1 heterocycles. The molecule has 0 atom stereocenters. The third kappa shape index (κ3) is 4.33. The quantitative estimate of drug-likeness (QED) is 0.735. The summed E-state index contributed by atoms with van der Waals surface area (Å²) in [4.78, 5) is 15.0. The molecule has 0 unspecified atom stereocenters. The van der Waals surface area contributed by atoms with Crippen molar-refractivity contribution < 1.29 is 13.2 Å². The minimum Gasteiger partial charge on any atom is -0.338 e. The van der Waals surface area contributed by atoms with Crippen molar-refractivity contribution in [2.24, 2.45) is 5.41 Å². The normalized spacial score (nSPS) is 16.6. The molecule has 5 nitrogen and oxygen atoms in total. The zero-order valence-electron chi connectivity index (χ0n) is 16.4. The van der Waals surface area contributed by atoms with Gasteiger partial charge in [0, 0.05) is 30.7 Å². The Bertz CT molecular complexity index is 971. The third-order valence-electron chi connectivity index (χ3n) is 5.12. The summed E-state index contributed by atoms with van der Waals surface area (Å²) in [6.07, 6.45) is 2.07. The number of anilines is 1.